The Morgan fingerprint density at radius 3 is 2.05 bits per heavy atom. The van der Waals surface area contributed by atoms with Crippen LogP contribution < -0.4 is 5.73 Å². The lowest BCUT2D eigenvalue weighted by Gasteiger charge is -2.32. The summed E-state index contributed by atoms with van der Waals surface area (Å²) in [4.78, 5) is 25.6. The fourth-order valence-corrected chi connectivity index (χ4v) is 3.38. The van der Waals surface area contributed by atoms with Crippen molar-refractivity contribution in [2.24, 2.45) is 17.6 Å². The second-order valence-electron chi connectivity index (χ2n) is 5.88. The van der Waals surface area contributed by atoms with Gasteiger partial charge >= 0.3 is 0 Å². The number of hydrogen-bond acceptors (Lipinski definition) is 2. The van der Waals surface area contributed by atoms with Crippen LogP contribution in [-0.4, -0.2) is 29.8 Å². The summed E-state index contributed by atoms with van der Waals surface area (Å²) < 4.78 is 0. The molecule has 1 aliphatic carbocycles. The Bertz CT molecular complexity index is 508. The highest BCUT2D eigenvalue weighted by Gasteiger charge is 2.33. The molecule has 20 heavy (non-hydrogen) atoms. The lowest BCUT2D eigenvalue weighted by Crippen LogP contribution is -2.44. The minimum atomic E-state index is -0.231. The molecule has 2 N–H and O–H groups in total. The number of primary amides is 1. The highest BCUT2D eigenvalue weighted by molar-refractivity contribution is 5.81. The van der Waals surface area contributed by atoms with Crippen molar-refractivity contribution < 1.29 is 9.59 Å². The summed E-state index contributed by atoms with van der Waals surface area (Å²) in [6, 6.07) is 8.29. The molecule has 0 atom stereocenters. The van der Waals surface area contributed by atoms with E-state index < -0.39 is 0 Å². The minimum Gasteiger partial charge on any atom is -0.369 e. The normalized spacial score (nSPS) is 19.9. The van der Waals surface area contributed by atoms with Gasteiger partial charge in [0.05, 0.1) is 0 Å². The summed E-state index contributed by atoms with van der Waals surface area (Å²) in [6.07, 6.45) is 3.12. The molecular weight excluding hydrogens is 252 g/mol. The summed E-state index contributed by atoms with van der Waals surface area (Å²) in [5.41, 5.74) is 7.93. The van der Waals surface area contributed by atoms with Gasteiger partial charge in [0.15, 0.2) is 0 Å². The Kier molecular flexibility index (Phi) is 3.47. The van der Waals surface area contributed by atoms with Gasteiger partial charge in [-0.25, -0.2) is 0 Å². The number of amides is 2. The lowest BCUT2D eigenvalue weighted by molar-refractivity contribution is -0.138. The number of nitrogens with zero attached hydrogens (tertiary/aromatic N) is 1. The second-order valence-corrected chi connectivity index (χ2v) is 5.88. The zero-order valence-electron chi connectivity index (χ0n) is 11.5. The van der Waals surface area contributed by atoms with Crippen LogP contribution in [0.1, 0.15) is 24.0 Å². The van der Waals surface area contributed by atoms with Gasteiger partial charge in [-0.3, -0.25) is 9.59 Å². The average molecular weight is 272 g/mol. The van der Waals surface area contributed by atoms with Crippen LogP contribution in [0, 0.1) is 11.8 Å². The van der Waals surface area contributed by atoms with Crippen molar-refractivity contribution in [3.8, 4) is 0 Å². The monoisotopic (exact) mass is 272 g/mol. The maximum Gasteiger partial charge on any atom is 0.226 e. The topological polar surface area (TPSA) is 63.4 Å². The number of carbonyl (C=O) groups excluding carboxylic acids is 2. The van der Waals surface area contributed by atoms with E-state index in [1.54, 1.807) is 0 Å². The molecule has 2 aliphatic rings. The fraction of sp³-hybridized carbons (Fsp3) is 0.500. The largest absolute Gasteiger partial charge is 0.369 e. The summed E-state index contributed by atoms with van der Waals surface area (Å²) in [5.74, 6) is 0.0341. The van der Waals surface area contributed by atoms with Crippen LogP contribution in [0.15, 0.2) is 24.3 Å². The molecule has 0 saturated carbocycles. The van der Waals surface area contributed by atoms with Crippen LogP contribution in [0.5, 0.6) is 0 Å². The standard InChI is InChI=1S/C16H20N2O2/c17-15(19)11-5-7-18(8-6-11)16(20)14-9-12-3-1-2-4-13(12)10-14/h1-4,11,14H,5-10H2,(H2,17,19). The van der Waals surface area contributed by atoms with Gasteiger partial charge in [-0.05, 0) is 36.8 Å². The molecule has 4 heteroatoms. The molecule has 1 heterocycles. The Labute approximate surface area is 118 Å². The van der Waals surface area contributed by atoms with Crippen molar-refractivity contribution in [3.05, 3.63) is 35.4 Å². The predicted octanol–water partition coefficient (Wildman–Crippen LogP) is 1.13. The molecule has 4 nitrogen and oxygen atoms in total. The van der Waals surface area contributed by atoms with Crippen LogP contribution >= 0.6 is 0 Å². The van der Waals surface area contributed by atoms with Gasteiger partial charge in [0.25, 0.3) is 0 Å². The van der Waals surface area contributed by atoms with E-state index in [0.29, 0.717) is 25.9 Å². The van der Waals surface area contributed by atoms with Gasteiger partial charge < -0.3 is 10.6 Å². The van der Waals surface area contributed by atoms with Gasteiger partial charge in [0, 0.05) is 24.9 Å². The summed E-state index contributed by atoms with van der Waals surface area (Å²) in [5, 5.41) is 0. The van der Waals surface area contributed by atoms with Gasteiger partial charge in [-0.1, -0.05) is 24.3 Å². The Morgan fingerprint density at radius 2 is 1.55 bits per heavy atom. The molecule has 2 amide bonds. The summed E-state index contributed by atoms with van der Waals surface area (Å²) >= 11 is 0. The number of hydrogen-bond donors (Lipinski definition) is 1. The first kappa shape index (κ1) is 13.2. The minimum absolute atomic E-state index is 0.0557. The van der Waals surface area contributed by atoms with Gasteiger partial charge in [-0.2, -0.15) is 0 Å². The molecule has 0 bridgehead atoms. The van der Waals surface area contributed by atoms with Crippen molar-refractivity contribution in [3.63, 3.8) is 0 Å². The van der Waals surface area contributed by atoms with E-state index in [1.807, 2.05) is 17.0 Å². The zero-order chi connectivity index (χ0) is 14.1. The first-order valence-electron chi connectivity index (χ1n) is 7.30. The fourth-order valence-electron chi connectivity index (χ4n) is 3.38. The van der Waals surface area contributed by atoms with Crippen LogP contribution in [-0.2, 0) is 22.4 Å². The molecule has 1 aliphatic heterocycles. The van der Waals surface area contributed by atoms with E-state index in [-0.39, 0.29) is 23.7 Å². The van der Waals surface area contributed by atoms with E-state index in [0.717, 1.165) is 12.8 Å². The third-order valence-electron chi connectivity index (χ3n) is 4.61. The molecule has 1 saturated heterocycles. The molecular formula is C16H20N2O2. The lowest BCUT2D eigenvalue weighted by atomic mass is 9.94. The highest BCUT2D eigenvalue weighted by Crippen LogP contribution is 2.29. The molecule has 1 fully saturated rings. The number of piperidine rings is 1. The first-order valence-corrected chi connectivity index (χ1v) is 7.30. The zero-order valence-corrected chi connectivity index (χ0v) is 11.5. The number of fused-ring (bicyclic) bond motifs is 1. The van der Waals surface area contributed by atoms with Crippen LogP contribution in [0.4, 0.5) is 0 Å². The third kappa shape index (κ3) is 2.42. The third-order valence-corrected chi connectivity index (χ3v) is 4.61. The van der Waals surface area contributed by atoms with Gasteiger partial charge in [-0.15, -0.1) is 0 Å². The Morgan fingerprint density at radius 1 is 1.00 bits per heavy atom. The molecule has 0 unspecified atom stereocenters. The van der Waals surface area contributed by atoms with Crippen molar-refractivity contribution in [2.45, 2.75) is 25.7 Å². The van der Waals surface area contributed by atoms with Crippen LogP contribution in [0.3, 0.4) is 0 Å². The maximum atomic E-state index is 12.6. The highest BCUT2D eigenvalue weighted by atomic mass is 16.2. The van der Waals surface area contributed by atoms with Crippen molar-refractivity contribution >= 4 is 11.8 Å². The van der Waals surface area contributed by atoms with E-state index in [1.165, 1.54) is 11.1 Å². The molecule has 1 aromatic rings. The number of benzene rings is 1. The smallest absolute Gasteiger partial charge is 0.226 e. The predicted molar refractivity (Wildman–Crippen MR) is 75.8 cm³/mol. The van der Waals surface area contributed by atoms with E-state index in [2.05, 4.69) is 12.1 Å². The number of nitrogens with two attached hydrogens (primary N) is 1. The van der Waals surface area contributed by atoms with E-state index in [4.69, 9.17) is 5.73 Å². The van der Waals surface area contributed by atoms with Crippen molar-refractivity contribution in [1.29, 1.82) is 0 Å². The van der Waals surface area contributed by atoms with E-state index >= 15 is 0 Å². The SMILES string of the molecule is NC(=O)C1CCN(C(=O)C2Cc3ccccc3C2)CC1. The number of carbonyl (C=O) groups is 2. The number of rotatable bonds is 2. The van der Waals surface area contributed by atoms with Crippen LogP contribution in [0.25, 0.3) is 0 Å². The second kappa shape index (κ2) is 5.27. The van der Waals surface area contributed by atoms with Crippen LogP contribution in [0.2, 0.25) is 0 Å². The number of likely N-dealkylation sites (tertiary alicyclic amines) is 1. The quantitative estimate of drug-likeness (QED) is 0.877. The average Bonchev–Trinajstić information content (AvgIpc) is 2.90. The molecule has 0 radical (unpaired) electrons. The summed E-state index contributed by atoms with van der Waals surface area (Å²) in [6.45, 7) is 1.33. The van der Waals surface area contributed by atoms with Crippen molar-refractivity contribution in [1.82, 2.24) is 4.90 Å². The Balaban J connectivity index is 1.60. The first-order chi connectivity index (χ1) is 9.65. The van der Waals surface area contributed by atoms with Crippen molar-refractivity contribution in [2.75, 3.05) is 13.1 Å². The molecule has 0 aromatic heterocycles. The van der Waals surface area contributed by atoms with Gasteiger partial charge in [0.1, 0.15) is 0 Å². The summed E-state index contributed by atoms with van der Waals surface area (Å²) in [7, 11) is 0. The molecule has 1 aromatic carbocycles. The molecule has 0 spiro atoms. The maximum absolute atomic E-state index is 12.6. The molecule has 3 rings (SSSR count). The molecule has 106 valence electrons. The Hall–Kier alpha value is -1.84. The van der Waals surface area contributed by atoms with E-state index in [9.17, 15) is 9.59 Å². The van der Waals surface area contributed by atoms with Gasteiger partial charge in [0.2, 0.25) is 11.8 Å².